The first-order valence-corrected chi connectivity index (χ1v) is 7.80. The fourth-order valence-electron chi connectivity index (χ4n) is 1.77. The first-order valence-electron chi connectivity index (χ1n) is 6.19. The van der Waals surface area contributed by atoms with E-state index in [0.29, 0.717) is 11.7 Å². The average Bonchev–Trinajstić information content (AvgIpc) is 2.89. The Morgan fingerprint density at radius 1 is 1.40 bits per heavy atom. The molecule has 108 valence electrons. The summed E-state index contributed by atoms with van der Waals surface area (Å²) in [7, 11) is 0. The fourth-order valence-corrected chi connectivity index (χ4v) is 2.65. The Kier molecular flexibility index (Phi) is 4.54. The summed E-state index contributed by atoms with van der Waals surface area (Å²) in [4.78, 5) is 12.1. The highest BCUT2D eigenvalue weighted by atomic mass is 79.9. The van der Waals surface area contributed by atoms with Gasteiger partial charge in [-0.25, -0.2) is 0 Å². The lowest BCUT2D eigenvalue weighted by Crippen LogP contribution is -2.25. The van der Waals surface area contributed by atoms with Crippen molar-refractivity contribution in [1.29, 1.82) is 0 Å². The van der Waals surface area contributed by atoms with Crippen molar-refractivity contribution in [3.8, 4) is 0 Å². The minimum atomic E-state index is -0.205. The molecule has 1 amide bonds. The van der Waals surface area contributed by atoms with Crippen LogP contribution in [0.1, 0.15) is 23.3 Å². The number of hydrogen-bond acceptors (Lipinski definition) is 5. The van der Waals surface area contributed by atoms with Crippen molar-refractivity contribution in [2.75, 3.05) is 5.32 Å². The maximum absolute atomic E-state index is 12.1. The Morgan fingerprint density at radius 2 is 2.10 bits per heavy atom. The minimum Gasteiger partial charge on any atom is -0.300 e. The molecule has 0 aromatic carbocycles. The first kappa shape index (κ1) is 15.1. The van der Waals surface area contributed by atoms with Gasteiger partial charge in [-0.05, 0) is 36.7 Å². The largest absolute Gasteiger partial charge is 0.300 e. The zero-order valence-corrected chi connectivity index (χ0v) is 14.2. The number of halogens is 1. The molecule has 0 aliphatic carbocycles. The van der Waals surface area contributed by atoms with E-state index in [1.54, 1.807) is 0 Å². The lowest BCUT2D eigenvalue weighted by Gasteiger charge is -2.11. The van der Waals surface area contributed by atoms with Gasteiger partial charge in [0.2, 0.25) is 11.0 Å². The van der Waals surface area contributed by atoms with Crippen LogP contribution in [0.4, 0.5) is 5.13 Å². The van der Waals surface area contributed by atoms with Crippen LogP contribution in [0.5, 0.6) is 0 Å². The normalized spacial score (nSPS) is 12.4. The van der Waals surface area contributed by atoms with Crippen LogP contribution in [0.15, 0.2) is 4.47 Å². The molecule has 2 heterocycles. The Labute approximate surface area is 129 Å². The van der Waals surface area contributed by atoms with Gasteiger partial charge < -0.3 is 5.32 Å². The molecule has 0 aliphatic rings. The first-order chi connectivity index (χ1) is 9.38. The van der Waals surface area contributed by atoms with E-state index in [4.69, 9.17) is 0 Å². The van der Waals surface area contributed by atoms with E-state index >= 15 is 0 Å². The van der Waals surface area contributed by atoms with Crippen LogP contribution < -0.4 is 5.32 Å². The molecule has 1 atom stereocenters. The highest BCUT2D eigenvalue weighted by Gasteiger charge is 2.18. The predicted octanol–water partition coefficient (Wildman–Crippen LogP) is 2.70. The van der Waals surface area contributed by atoms with E-state index < -0.39 is 0 Å². The second kappa shape index (κ2) is 6.01. The number of aryl methyl sites for hydroxylation is 2. The summed E-state index contributed by atoms with van der Waals surface area (Å²) < 4.78 is 2.83. The van der Waals surface area contributed by atoms with E-state index in [-0.39, 0.29) is 11.8 Å². The Hall–Kier alpha value is -1.28. The number of aromatic nitrogens is 4. The summed E-state index contributed by atoms with van der Waals surface area (Å²) in [6.07, 6.45) is 0. The van der Waals surface area contributed by atoms with Crippen molar-refractivity contribution >= 4 is 38.3 Å². The molecule has 1 unspecified atom stereocenters. The van der Waals surface area contributed by atoms with Crippen LogP contribution in [0.3, 0.4) is 0 Å². The molecule has 0 spiro atoms. The van der Waals surface area contributed by atoms with Gasteiger partial charge in [0.1, 0.15) is 5.01 Å². The number of amides is 1. The van der Waals surface area contributed by atoms with Crippen molar-refractivity contribution in [3.05, 3.63) is 20.9 Å². The number of nitrogens with one attached hydrogen (secondary N) is 1. The molecule has 2 rings (SSSR count). The zero-order chi connectivity index (χ0) is 14.9. The molecule has 0 saturated carbocycles. The monoisotopic (exact) mass is 357 g/mol. The standard InChI is InChI=1S/C12H16BrN5OS/c1-6(5-18-8(3)10(13)7(2)17-18)11(19)14-12-16-15-9(4)20-12/h6H,5H2,1-4H3,(H,14,16,19). The second-order valence-corrected chi connectivity index (χ2v) is 6.66. The Bertz CT molecular complexity index is 636. The van der Waals surface area contributed by atoms with Crippen molar-refractivity contribution in [2.24, 2.45) is 5.92 Å². The predicted molar refractivity (Wildman–Crippen MR) is 81.8 cm³/mol. The van der Waals surface area contributed by atoms with Gasteiger partial charge in [-0.15, -0.1) is 10.2 Å². The Morgan fingerprint density at radius 3 is 2.60 bits per heavy atom. The van der Waals surface area contributed by atoms with E-state index in [1.807, 2.05) is 32.4 Å². The van der Waals surface area contributed by atoms with Crippen molar-refractivity contribution < 1.29 is 4.79 Å². The van der Waals surface area contributed by atoms with Gasteiger partial charge in [0.15, 0.2) is 0 Å². The molecule has 1 N–H and O–H groups in total. The van der Waals surface area contributed by atoms with Gasteiger partial charge in [0.05, 0.1) is 22.6 Å². The van der Waals surface area contributed by atoms with Gasteiger partial charge in [-0.3, -0.25) is 9.48 Å². The van der Waals surface area contributed by atoms with E-state index in [9.17, 15) is 4.79 Å². The second-order valence-electron chi connectivity index (χ2n) is 4.68. The molecular formula is C12H16BrN5OS. The van der Waals surface area contributed by atoms with Gasteiger partial charge in [0.25, 0.3) is 0 Å². The highest BCUT2D eigenvalue weighted by Crippen LogP contribution is 2.21. The van der Waals surface area contributed by atoms with Crippen LogP contribution in [-0.2, 0) is 11.3 Å². The van der Waals surface area contributed by atoms with E-state index in [2.05, 4.69) is 36.5 Å². The maximum atomic E-state index is 12.1. The third-order valence-electron chi connectivity index (χ3n) is 2.94. The summed E-state index contributed by atoms with van der Waals surface area (Å²) in [5.41, 5.74) is 1.95. The lowest BCUT2D eigenvalue weighted by atomic mass is 10.1. The molecular weight excluding hydrogens is 342 g/mol. The summed E-state index contributed by atoms with van der Waals surface area (Å²) in [5, 5.41) is 16.3. The molecule has 20 heavy (non-hydrogen) atoms. The lowest BCUT2D eigenvalue weighted by molar-refractivity contribution is -0.119. The number of hydrogen-bond donors (Lipinski definition) is 1. The van der Waals surface area contributed by atoms with Crippen LogP contribution in [-0.4, -0.2) is 25.9 Å². The van der Waals surface area contributed by atoms with Crippen LogP contribution >= 0.6 is 27.3 Å². The maximum Gasteiger partial charge on any atom is 0.230 e. The summed E-state index contributed by atoms with van der Waals surface area (Å²) in [6, 6.07) is 0. The van der Waals surface area contributed by atoms with Gasteiger partial charge in [-0.2, -0.15) is 5.10 Å². The van der Waals surface area contributed by atoms with Crippen LogP contribution in [0, 0.1) is 26.7 Å². The molecule has 6 nitrogen and oxygen atoms in total. The number of carbonyl (C=O) groups excluding carboxylic acids is 1. The molecule has 0 bridgehead atoms. The smallest absolute Gasteiger partial charge is 0.230 e. The highest BCUT2D eigenvalue weighted by molar-refractivity contribution is 9.10. The molecule has 2 aromatic rings. The summed E-state index contributed by atoms with van der Waals surface area (Å²) in [5.74, 6) is -0.283. The summed E-state index contributed by atoms with van der Waals surface area (Å²) >= 11 is 4.85. The van der Waals surface area contributed by atoms with Gasteiger partial charge in [0, 0.05) is 5.69 Å². The van der Waals surface area contributed by atoms with Crippen molar-refractivity contribution in [1.82, 2.24) is 20.0 Å². The van der Waals surface area contributed by atoms with Crippen LogP contribution in [0.25, 0.3) is 0 Å². The number of nitrogens with zero attached hydrogens (tertiary/aromatic N) is 4. The molecule has 0 fully saturated rings. The van der Waals surface area contributed by atoms with Crippen molar-refractivity contribution in [3.63, 3.8) is 0 Å². The van der Waals surface area contributed by atoms with Crippen molar-refractivity contribution in [2.45, 2.75) is 34.2 Å². The Balaban J connectivity index is 2.02. The quantitative estimate of drug-likeness (QED) is 0.912. The third kappa shape index (κ3) is 3.24. The third-order valence-corrected chi connectivity index (χ3v) is 4.85. The van der Waals surface area contributed by atoms with E-state index in [0.717, 1.165) is 20.9 Å². The fraction of sp³-hybridized carbons (Fsp3) is 0.500. The van der Waals surface area contributed by atoms with Gasteiger partial charge in [-0.1, -0.05) is 18.3 Å². The molecule has 0 aliphatic heterocycles. The molecule has 0 radical (unpaired) electrons. The van der Waals surface area contributed by atoms with Gasteiger partial charge >= 0.3 is 0 Å². The van der Waals surface area contributed by atoms with Crippen LogP contribution in [0.2, 0.25) is 0 Å². The number of rotatable bonds is 4. The summed E-state index contributed by atoms with van der Waals surface area (Å²) in [6.45, 7) is 8.16. The minimum absolute atomic E-state index is 0.0789. The average molecular weight is 358 g/mol. The number of carbonyl (C=O) groups is 1. The van der Waals surface area contributed by atoms with E-state index in [1.165, 1.54) is 11.3 Å². The SMILES string of the molecule is Cc1nnc(NC(=O)C(C)Cn2nc(C)c(Br)c2C)s1. The number of anilines is 1. The molecule has 0 saturated heterocycles. The molecule has 8 heteroatoms. The zero-order valence-electron chi connectivity index (χ0n) is 11.8. The molecule has 2 aromatic heterocycles. The topological polar surface area (TPSA) is 72.7 Å².